The largest absolute Gasteiger partial charge is 0.450 e. The van der Waals surface area contributed by atoms with Gasteiger partial charge in [-0.3, -0.25) is 9.59 Å². The molecule has 0 saturated carbocycles. The van der Waals surface area contributed by atoms with E-state index in [1.54, 1.807) is 11.8 Å². The fraction of sp³-hybridized carbons (Fsp3) is 0.450. The number of likely N-dealkylation sites (tertiary alicyclic amines) is 1. The van der Waals surface area contributed by atoms with Crippen molar-refractivity contribution < 1.29 is 19.1 Å². The van der Waals surface area contributed by atoms with Gasteiger partial charge in [-0.1, -0.05) is 30.3 Å². The second-order valence-corrected chi connectivity index (χ2v) is 7.00. The Bertz CT molecular complexity index is 761. The maximum absolute atomic E-state index is 13.0. The number of hydrogen-bond donors (Lipinski definition) is 1. The molecule has 1 N–H and O–H groups in total. The monoisotopic (exact) mass is 356 g/mol. The van der Waals surface area contributed by atoms with Crippen molar-refractivity contribution in [1.82, 2.24) is 10.2 Å². The first-order valence-electron chi connectivity index (χ1n) is 8.90. The normalized spacial score (nSPS) is 20.1. The first-order chi connectivity index (χ1) is 12.3. The summed E-state index contributed by atoms with van der Waals surface area (Å²) in [7, 11) is 0. The third kappa shape index (κ3) is 3.23. The lowest BCUT2D eigenvalue weighted by Gasteiger charge is -2.39. The van der Waals surface area contributed by atoms with Crippen LogP contribution >= 0.6 is 0 Å². The summed E-state index contributed by atoms with van der Waals surface area (Å²) in [5.41, 5.74) is 0.838. The van der Waals surface area contributed by atoms with Gasteiger partial charge in [-0.25, -0.2) is 4.79 Å². The van der Waals surface area contributed by atoms with Crippen molar-refractivity contribution >= 4 is 17.8 Å². The number of nitrogens with one attached hydrogen (secondary N) is 1. The number of hydrogen-bond acceptors (Lipinski definition) is 4. The molecule has 0 radical (unpaired) electrons. The van der Waals surface area contributed by atoms with Crippen LogP contribution in [0.2, 0.25) is 0 Å². The van der Waals surface area contributed by atoms with Gasteiger partial charge in [0.25, 0.3) is 5.91 Å². The lowest BCUT2D eigenvalue weighted by atomic mass is 9.82. The molecule has 26 heavy (non-hydrogen) atoms. The minimum absolute atomic E-state index is 0.00595. The van der Waals surface area contributed by atoms with E-state index >= 15 is 0 Å². The average molecular weight is 356 g/mol. The zero-order valence-corrected chi connectivity index (χ0v) is 15.4. The van der Waals surface area contributed by atoms with Gasteiger partial charge in [0, 0.05) is 38.4 Å². The molecule has 6 nitrogen and oxygen atoms in total. The molecule has 2 aliphatic heterocycles. The van der Waals surface area contributed by atoms with Crippen molar-refractivity contribution in [3.8, 4) is 0 Å². The van der Waals surface area contributed by atoms with E-state index in [0.717, 1.165) is 5.56 Å². The average Bonchev–Trinajstić information content (AvgIpc) is 2.86. The molecule has 0 bridgehead atoms. The molecule has 2 aliphatic rings. The van der Waals surface area contributed by atoms with Gasteiger partial charge in [0.1, 0.15) is 5.60 Å². The highest BCUT2D eigenvalue weighted by atomic mass is 16.6. The summed E-state index contributed by atoms with van der Waals surface area (Å²) in [4.78, 5) is 38.5. The highest BCUT2D eigenvalue weighted by Gasteiger charge is 2.51. The molecule has 6 heteroatoms. The van der Waals surface area contributed by atoms with Crippen molar-refractivity contribution in [2.75, 3.05) is 13.1 Å². The standard InChI is InChI=1S/C20H24N2O4/c1-13-17(18(24)21-14(2)16-7-5-4-6-8-16)20(26-19(13)25)9-11-22(12-10-20)15(3)23/h4-8,14H,9-12H2,1-3H3,(H,21,24). The van der Waals surface area contributed by atoms with Crippen LogP contribution in [0, 0.1) is 0 Å². The third-order valence-electron chi connectivity index (χ3n) is 5.32. The minimum Gasteiger partial charge on any atom is -0.450 e. The van der Waals surface area contributed by atoms with Crippen LogP contribution in [0.3, 0.4) is 0 Å². The summed E-state index contributed by atoms with van der Waals surface area (Å²) in [6, 6.07) is 9.47. The van der Waals surface area contributed by atoms with Gasteiger partial charge in [-0.15, -0.1) is 0 Å². The highest BCUT2D eigenvalue weighted by molar-refractivity contribution is 6.07. The minimum atomic E-state index is -0.923. The maximum Gasteiger partial charge on any atom is 0.335 e. The van der Waals surface area contributed by atoms with Crippen molar-refractivity contribution in [3.63, 3.8) is 0 Å². The number of benzene rings is 1. The predicted molar refractivity (Wildman–Crippen MR) is 96.0 cm³/mol. The SMILES string of the molecule is CC(=O)N1CCC2(CC1)OC(=O)C(C)=C2C(=O)NC(C)c1ccccc1. The van der Waals surface area contributed by atoms with Crippen LogP contribution in [-0.2, 0) is 19.1 Å². The molecule has 1 fully saturated rings. The van der Waals surface area contributed by atoms with Crippen LogP contribution in [0.5, 0.6) is 0 Å². The first kappa shape index (κ1) is 18.2. The van der Waals surface area contributed by atoms with Crippen molar-refractivity contribution in [1.29, 1.82) is 0 Å². The van der Waals surface area contributed by atoms with Crippen LogP contribution in [0.15, 0.2) is 41.5 Å². The molecule has 1 unspecified atom stereocenters. The number of rotatable bonds is 3. The van der Waals surface area contributed by atoms with Crippen LogP contribution in [0.1, 0.15) is 45.2 Å². The highest BCUT2D eigenvalue weighted by Crippen LogP contribution is 2.41. The molecule has 3 rings (SSSR count). The maximum atomic E-state index is 13.0. The van der Waals surface area contributed by atoms with Gasteiger partial charge in [0.2, 0.25) is 5.91 Å². The summed E-state index contributed by atoms with van der Waals surface area (Å²) in [5.74, 6) is -0.728. The third-order valence-corrected chi connectivity index (χ3v) is 5.32. The molecule has 2 heterocycles. The zero-order valence-electron chi connectivity index (χ0n) is 15.4. The number of esters is 1. The second-order valence-electron chi connectivity index (χ2n) is 7.00. The van der Waals surface area contributed by atoms with Crippen molar-refractivity contribution in [2.45, 2.75) is 45.3 Å². The number of ether oxygens (including phenoxy) is 1. The smallest absolute Gasteiger partial charge is 0.335 e. The summed E-state index contributed by atoms with van der Waals surface area (Å²) in [6.45, 7) is 6.01. The molecule has 0 aromatic heterocycles. The van der Waals surface area contributed by atoms with E-state index in [1.807, 2.05) is 37.3 Å². The summed E-state index contributed by atoms with van der Waals surface area (Å²) >= 11 is 0. The molecule has 0 aliphatic carbocycles. The van der Waals surface area contributed by atoms with Crippen LogP contribution < -0.4 is 5.32 Å². The van der Waals surface area contributed by atoms with E-state index in [-0.39, 0.29) is 17.9 Å². The van der Waals surface area contributed by atoms with Crippen molar-refractivity contribution in [2.24, 2.45) is 0 Å². The summed E-state index contributed by atoms with van der Waals surface area (Å²) in [6.07, 6.45) is 0.885. The van der Waals surface area contributed by atoms with E-state index in [9.17, 15) is 14.4 Å². The first-order valence-corrected chi connectivity index (χ1v) is 8.90. The Balaban J connectivity index is 1.80. The van der Waals surface area contributed by atoms with E-state index < -0.39 is 11.6 Å². The molecule has 1 atom stereocenters. The molecule has 1 spiro atoms. The van der Waals surface area contributed by atoms with Gasteiger partial charge >= 0.3 is 5.97 Å². The Morgan fingerprint density at radius 3 is 2.38 bits per heavy atom. The van der Waals surface area contributed by atoms with E-state index in [0.29, 0.717) is 37.1 Å². The van der Waals surface area contributed by atoms with Crippen LogP contribution in [0.25, 0.3) is 0 Å². The van der Waals surface area contributed by atoms with E-state index in [4.69, 9.17) is 4.74 Å². The van der Waals surface area contributed by atoms with Crippen LogP contribution in [0.4, 0.5) is 0 Å². The fourth-order valence-electron chi connectivity index (χ4n) is 3.75. The number of amides is 2. The molecule has 1 aromatic carbocycles. The molecule has 1 saturated heterocycles. The van der Waals surface area contributed by atoms with Gasteiger partial charge in [-0.05, 0) is 19.4 Å². The topological polar surface area (TPSA) is 75.7 Å². The number of nitrogens with zero attached hydrogens (tertiary/aromatic N) is 1. The van der Waals surface area contributed by atoms with Gasteiger partial charge in [0.05, 0.1) is 11.6 Å². The van der Waals surface area contributed by atoms with Gasteiger partial charge in [0.15, 0.2) is 0 Å². The predicted octanol–water partition coefficient (Wildman–Crippen LogP) is 2.12. The Morgan fingerprint density at radius 1 is 1.19 bits per heavy atom. The molecule has 2 amide bonds. The summed E-state index contributed by atoms with van der Waals surface area (Å²) < 4.78 is 5.64. The number of piperidine rings is 1. The van der Waals surface area contributed by atoms with E-state index in [1.165, 1.54) is 6.92 Å². The van der Waals surface area contributed by atoms with Crippen molar-refractivity contribution in [3.05, 3.63) is 47.0 Å². The second kappa shape index (κ2) is 6.94. The Hall–Kier alpha value is -2.63. The Morgan fingerprint density at radius 2 is 1.81 bits per heavy atom. The molecule has 138 valence electrons. The van der Waals surface area contributed by atoms with Crippen LogP contribution in [-0.4, -0.2) is 41.4 Å². The van der Waals surface area contributed by atoms with E-state index in [2.05, 4.69) is 5.32 Å². The van der Waals surface area contributed by atoms with Gasteiger partial charge < -0.3 is 15.0 Å². The van der Waals surface area contributed by atoms with Gasteiger partial charge in [-0.2, -0.15) is 0 Å². The lowest BCUT2D eigenvalue weighted by Crippen LogP contribution is -2.50. The lowest BCUT2D eigenvalue weighted by molar-refractivity contribution is -0.152. The Kier molecular flexibility index (Phi) is 4.85. The summed E-state index contributed by atoms with van der Waals surface area (Å²) in [5, 5.41) is 2.99. The molecular formula is C20H24N2O4. The number of carbonyl (C=O) groups excluding carboxylic acids is 3. The zero-order chi connectivity index (χ0) is 18.9. The molecule has 1 aromatic rings. The number of carbonyl (C=O) groups is 3. The fourth-order valence-corrected chi connectivity index (χ4v) is 3.75. The Labute approximate surface area is 153 Å². The molecular weight excluding hydrogens is 332 g/mol. The quantitative estimate of drug-likeness (QED) is 0.842.